The lowest BCUT2D eigenvalue weighted by atomic mass is 10.1. The molecule has 1 heterocycles. The molecule has 5 nitrogen and oxygen atoms in total. The zero-order valence-corrected chi connectivity index (χ0v) is 17.2. The van der Waals surface area contributed by atoms with Crippen molar-refractivity contribution in [2.75, 3.05) is 5.32 Å². The number of hydrogen-bond acceptors (Lipinski definition) is 4. The van der Waals surface area contributed by atoms with Crippen LogP contribution in [0.2, 0.25) is 0 Å². The summed E-state index contributed by atoms with van der Waals surface area (Å²) in [6, 6.07) is 24.0. The molecule has 3 aromatic carbocycles. The number of anilines is 1. The minimum atomic E-state index is -0.306. The van der Waals surface area contributed by atoms with E-state index < -0.39 is 0 Å². The second kappa shape index (κ2) is 8.49. The van der Waals surface area contributed by atoms with Crippen LogP contribution in [0.3, 0.4) is 0 Å². The van der Waals surface area contributed by atoms with Gasteiger partial charge in [0.2, 0.25) is 5.91 Å². The number of nitrogens with one attached hydrogen (secondary N) is 1. The minimum absolute atomic E-state index is 0.0582. The van der Waals surface area contributed by atoms with Crippen LogP contribution in [-0.2, 0) is 11.3 Å². The van der Waals surface area contributed by atoms with Crippen molar-refractivity contribution in [3.8, 4) is 11.4 Å². The van der Waals surface area contributed by atoms with Crippen LogP contribution >= 0.6 is 11.8 Å². The van der Waals surface area contributed by atoms with Crippen molar-refractivity contribution in [1.29, 1.82) is 0 Å². The molecule has 0 spiro atoms. The van der Waals surface area contributed by atoms with Gasteiger partial charge in [0.15, 0.2) is 11.0 Å². The summed E-state index contributed by atoms with van der Waals surface area (Å²) in [6.45, 7) is 4.68. The second-order valence-electron chi connectivity index (χ2n) is 6.73. The van der Waals surface area contributed by atoms with Gasteiger partial charge in [-0.3, -0.25) is 4.79 Å². The van der Waals surface area contributed by atoms with Gasteiger partial charge in [0.05, 0.1) is 5.25 Å². The minimum Gasteiger partial charge on any atom is -0.325 e. The summed E-state index contributed by atoms with van der Waals surface area (Å²) in [6.07, 6.45) is 0. The first-order valence-electron chi connectivity index (χ1n) is 9.60. The molecular formula is C23H22N4OS. The van der Waals surface area contributed by atoms with Gasteiger partial charge in [0.25, 0.3) is 0 Å². The molecule has 4 rings (SSSR count). The molecule has 146 valence electrons. The Bertz CT molecular complexity index is 1140. The third-order valence-corrected chi connectivity index (χ3v) is 5.81. The molecular weight excluding hydrogens is 380 g/mol. The first kappa shape index (κ1) is 19.2. The molecule has 1 N–H and O–H groups in total. The highest BCUT2D eigenvalue weighted by molar-refractivity contribution is 8.00. The predicted molar refractivity (Wildman–Crippen MR) is 119 cm³/mol. The highest BCUT2D eigenvalue weighted by Gasteiger charge is 2.20. The first-order chi connectivity index (χ1) is 14.2. The van der Waals surface area contributed by atoms with Crippen molar-refractivity contribution >= 4 is 34.1 Å². The van der Waals surface area contributed by atoms with E-state index in [1.54, 1.807) is 0 Å². The molecule has 0 aliphatic carbocycles. The topological polar surface area (TPSA) is 59.8 Å². The quantitative estimate of drug-likeness (QED) is 0.448. The van der Waals surface area contributed by atoms with Crippen LogP contribution in [0.1, 0.15) is 13.8 Å². The van der Waals surface area contributed by atoms with E-state index in [4.69, 9.17) is 0 Å². The monoisotopic (exact) mass is 402 g/mol. The third-order valence-electron chi connectivity index (χ3n) is 4.73. The van der Waals surface area contributed by atoms with Crippen LogP contribution in [0.25, 0.3) is 22.2 Å². The van der Waals surface area contributed by atoms with Gasteiger partial charge in [0, 0.05) is 17.8 Å². The van der Waals surface area contributed by atoms with Crippen molar-refractivity contribution in [3.05, 3.63) is 72.8 Å². The zero-order chi connectivity index (χ0) is 20.2. The van der Waals surface area contributed by atoms with E-state index in [1.165, 1.54) is 11.8 Å². The molecule has 29 heavy (non-hydrogen) atoms. The molecule has 0 bridgehead atoms. The fraction of sp³-hybridized carbons (Fsp3) is 0.174. The largest absolute Gasteiger partial charge is 0.325 e. The maximum atomic E-state index is 12.7. The number of aromatic nitrogens is 3. The van der Waals surface area contributed by atoms with Gasteiger partial charge in [0.1, 0.15) is 0 Å². The van der Waals surface area contributed by atoms with Crippen LogP contribution < -0.4 is 5.32 Å². The lowest BCUT2D eigenvalue weighted by Gasteiger charge is -2.13. The van der Waals surface area contributed by atoms with Crippen molar-refractivity contribution < 1.29 is 4.79 Å². The SMILES string of the molecule is CCn1c(S[C@H](C)C(=O)Nc2ccc3ccccc3c2)nnc1-c1ccccc1. The van der Waals surface area contributed by atoms with E-state index in [-0.39, 0.29) is 11.2 Å². The predicted octanol–water partition coefficient (Wildman–Crippen LogP) is 5.24. The van der Waals surface area contributed by atoms with Crippen molar-refractivity contribution in [1.82, 2.24) is 14.8 Å². The summed E-state index contributed by atoms with van der Waals surface area (Å²) < 4.78 is 2.04. The smallest absolute Gasteiger partial charge is 0.237 e. The number of carbonyl (C=O) groups excluding carboxylic acids is 1. The number of benzene rings is 3. The Hall–Kier alpha value is -3.12. The molecule has 0 saturated carbocycles. The summed E-state index contributed by atoms with van der Waals surface area (Å²) in [5.74, 6) is 0.759. The maximum absolute atomic E-state index is 12.7. The molecule has 0 aliphatic heterocycles. The van der Waals surface area contributed by atoms with E-state index in [2.05, 4.69) is 28.5 Å². The van der Waals surface area contributed by atoms with Crippen LogP contribution in [0.4, 0.5) is 5.69 Å². The number of fused-ring (bicyclic) bond motifs is 1. The van der Waals surface area contributed by atoms with Gasteiger partial charge in [-0.05, 0) is 36.8 Å². The van der Waals surface area contributed by atoms with Gasteiger partial charge in [-0.1, -0.05) is 72.4 Å². The number of rotatable bonds is 6. The number of nitrogens with zero attached hydrogens (tertiary/aromatic N) is 3. The summed E-state index contributed by atoms with van der Waals surface area (Å²) in [5.41, 5.74) is 1.81. The van der Waals surface area contributed by atoms with E-state index in [0.717, 1.165) is 39.5 Å². The second-order valence-corrected chi connectivity index (χ2v) is 8.04. The fourth-order valence-electron chi connectivity index (χ4n) is 3.18. The highest BCUT2D eigenvalue weighted by atomic mass is 32.2. The molecule has 0 unspecified atom stereocenters. The fourth-order valence-corrected chi connectivity index (χ4v) is 4.10. The molecule has 4 aromatic rings. The van der Waals surface area contributed by atoms with Gasteiger partial charge in [-0.15, -0.1) is 10.2 Å². The normalized spacial score (nSPS) is 12.1. The molecule has 0 saturated heterocycles. The van der Waals surface area contributed by atoms with Gasteiger partial charge >= 0.3 is 0 Å². The van der Waals surface area contributed by atoms with Crippen molar-refractivity contribution in [3.63, 3.8) is 0 Å². The Balaban J connectivity index is 1.49. The lowest BCUT2D eigenvalue weighted by molar-refractivity contribution is -0.115. The van der Waals surface area contributed by atoms with E-state index in [9.17, 15) is 4.79 Å². The van der Waals surface area contributed by atoms with Crippen LogP contribution in [0.15, 0.2) is 78.0 Å². The highest BCUT2D eigenvalue weighted by Crippen LogP contribution is 2.27. The van der Waals surface area contributed by atoms with Gasteiger partial charge in [-0.2, -0.15) is 0 Å². The van der Waals surface area contributed by atoms with Crippen molar-refractivity contribution in [2.45, 2.75) is 30.8 Å². The van der Waals surface area contributed by atoms with Gasteiger partial charge in [-0.25, -0.2) is 0 Å². The standard InChI is InChI=1S/C23H22N4OS/c1-3-27-21(18-10-5-4-6-11-18)25-26-23(27)29-16(2)22(28)24-20-14-13-17-9-7-8-12-19(17)15-20/h4-16H,3H2,1-2H3,(H,24,28)/t16-/m1/s1. The molecule has 0 radical (unpaired) electrons. The summed E-state index contributed by atoms with van der Waals surface area (Å²) in [7, 11) is 0. The van der Waals surface area contributed by atoms with Crippen LogP contribution in [-0.4, -0.2) is 25.9 Å². The number of thioether (sulfide) groups is 1. The zero-order valence-electron chi connectivity index (χ0n) is 16.4. The molecule has 1 aromatic heterocycles. The van der Waals surface area contributed by atoms with E-state index in [0.29, 0.717) is 0 Å². The molecule has 1 amide bonds. The van der Waals surface area contributed by atoms with Gasteiger partial charge < -0.3 is 9.88 Å². The number of carbonyl (C=O) groups is 1. The number of hydrogen-bond donors (Lipinski definition) is 1. The number of amides is 1. The Morgan fingerprint density at radius 3 is 2.48 bits per heavy atom. The summed E-state index contributed by atoms with van der Waals surface area (Å²) >= 11 is 1.42. The molecule has 0 fully saturated rings. The Morgan fingerprint density at radius 2 is 1.72 bits per heavy atom. The van der Waals surface area contributed by atoms with E-state index >= 15 is 0 Å². The Kier molecular flexibility index (Phi) is 5.62. The first-order valence-corrected chi connectivity index (χ1v) is 10.5. The summed E-state index contributed by atoms with van der Waals surface area (Å²) in [4.78, 5) is 12.7. The molecule has 6 heteroatoms. The van der Waals surface area contributed by atoms with Crippen molar-refractivity contribution in [2.24, 2.45) is 0 Å². The third kappa shape index (κ3) is 4.17. The lowest BCUT2D eigenvalue weighted by Crippen LogP contribution is -2.22. The van der Waals surface area contributed by atoms with Crippen LogP contribution in [0, 0.1) is 0 Å². The Labute approximate surface area is 174 Å². The molecule has 1 atom stereocenters. The van der Waals surface area contributed by atoms with E-state index in [1.807, 2.05) is 78.2 Å². The average Bonchev–Trinajstić information content (AvgIpc) is 3.16. The summed E-state index contributed by atoms with van der Waals surface area (Å²) in [5, 5.41) is 14.4. The maximum Gasteiger partial charge on any atom is 0.237 e. The average molecular weight is 403 g/mol. The molecule has 0 aliphatic rings. The van der Waals surface area contributed by atoms with Crippen LogP contribution in [0.5, 0.6) is 0 Å². The Morgan fingerprint density at radius 1 is 1.00 bits per heavy atom.